The maximum Gasteiger partial charge on any atom is 0.387 e. The van der Waals surface area contributed by atoms with Gasteiger partial charge in [-0.2, -0.15) is 13.1 Å². The second-order valence-corrected chi connectivity index (χ2v) is 11.1. The fraction of sp³-hybridized carbons (Fsp3) is 0.714. The topological polar surface area (TPSA) is 59.1 Å². The van der Waals surface area contributed by atoms with Gasteiger partial charge in [0, 0.05) is 31.7 Å². The summed E-state index contributed by atoms with van der Waals surface area (Å²) in [4.78, 5) is 2.77. The molecule has 3 atom stereocenters. The van der Waals surface area contributed by atoms with Gasteiger partial charge in [-0.1, -0.05) is 0 Å². The van der Waals surface area contributed by atoms with Gasteiger partial charge < -0.3 is 9.47 Å². The van der Waals surface area contributed by atoms with Crippen molar-refractivity contribution in [2.75, 3.05) is 26.2 Å². The van der Waals surface area contributed by atoms with Crippen LogP contribution in [0.5, 0.6) is 5.75 Å². The molecule has 0 N–H and O–H groups in total. The summed E-state index contributed by atoms with van der Waals surface area (Å²) in [7, 11) is -3.63. The van der Waals surface area contributed by atoms with Crippen LogP contribution in [0, 0.1) is 5.41 Å². The fourth-order valence-corrected chi connectivity index (χ4v) is 7.37. The molecule has 166 valence electrons. The molecule has 3 aliphatic heterocycles. The monoisotopic (exact) mass is 442 g/mol. The number of nitrogens with zero attached hydrogens (tertiary/aromatic N) is 2. The molecule has 6 nitrogen and oxygen atoms in total. The number of halogens is 2. The van der Waals surface area contributed by atoms with Crippen molar-refractivity contribution in [3.8, 4) is 5.75 Å². The first kappa shape index (κ1) is 20.6. The number of morpholine rings is 1. The Balaban J connectivity index is 1.20. The van der Waals surface area contributed by atoms with Crippen LogP contribution in [0.3, 0.4) is 0 Å². The molecule has 5 rings (SSSR count). The Kier molecular flexibility index (Phi) is 5.28. The largest absolute Gasteiger partial charge is 0.435 e. The van der Waals surface area contributed by atoms with Crippen molar-refractivity contribution < 1.29 is 26.7 Å². The Hall–Kier alpha value is -1.29. The molecule has 1 aromatic rings. The highest BCUT2D eigenvalue weighted by molar-refractivity contribution is 7.89. The zero-order valence-electron chi connectivity index (χ0n) is 16.9. The smallest absolute Gasteiger partial charge is 0.387 e. The van der Waals surface area contributed by atoms with Crippen molar-refractivity contribution in [1.82, 2.24) is 9.21 Å². The quantitative estimate of drug-likeness (QED) is 0.702. The van der Waals surface area contributed by atoms with Gasteiger partial charge in [-0.15, -0.1) is 0 Å². The predicted molar refractivity (Wildman–Crippen MR) is 106 cm³/mol. The van der Waals surface area contributed by atoms with Crippen molar-refractivity contribution in [2.45, 2.75) is 68.2 Å². The molecule has 1 spiro atoms. The third kappa shape index (κ3) is 3.74. The van der Waals surface area contributed by atoms with Gasteiger partial charge in [0.15, 0.2) is 0 Å². The number of alkyl halides is 2. The molecular formula is C21H28F2N2O4S. The second-order valence-electron chi connectivity index (χ2n) is 9.19. The number of hydrogen-bond acceptors (Lipinski definition) is 5. The molecule has 2 bridgehead atoms. The zero-order chi connectivity index (χ0) is 20.9. The summed E-state index contributed by atoms with van der Waals surface area (Å²) in [6.07, 6.45) is 6.86. The third-order valence-corrected chi connectivity index (χ3v) is 9.47. The Labute approximate surface area is 176 Å². The predicted octanol–water partition coefficient (Wildman–Crippen LogP) is 3.08. The maximum absolute atomic E-state index is 13.0. The van der Waals surface area contributed by atoms with Gasteiger partial charge in [0.05, 0.1) is 17.6 Å². The number of sulfonamides is 1. The van der Waals surface area contributed by atoms with E-state index in [2.05, 4.69) is 9.64 Å². The minimum absolute atomic E-state index is 0.0421. The lowest BCUT2D eigenvalue weighted by atomic mass is 9.77. The molecule has 1 aliphatic carbocycles. The van der Waals surface area contributed by atoms with Crippen LogP contribution in [0.15, 0.2) is 29.2 Å². The SMILES string of the molecule is O=S(=O)(c1ccc(OC(F)F)cc1)N1CCC2(CC[C@H](N3CC4CC3CO4)C2)CC1. The Morgan fingerprint density at radius 1 is 1.10 bits per heavy atom. The van der Waals surface area contributed by atoms with Crippen LogP contribution in [0.2, 0.25) is 0 Å². The lowest BCUT2D eigenvalue weighted by Gasteiger charge is -2.40. The Morgan fingerprint density at radius 3 is 2.43 bits per heavy atom. The summed E-state index contributed by atoms with van der Waals surface area (Å²) in [6, 6.07) is 6.42. The Morgan fingerprint density at radius 2 is 1.83 bits per heavy atom. The normalized spacial score (nSPS) is 31.8. The average molecular weight is 443 g/mol. The molecule has 4 aliphatic rings. The number of piperidine rings is 1. The van der Waals surface area contributed by atoms with E-state index in [1.165, 1.54) is 37.1 Å². The van der Waals surface area contributed by atoms with E-state index in [-0.39, 0.29) is 16.1 Å². The van der Waals surface area contributed by atoms with Crippen LogP contribution in [-0.2, 0) is 14.8 Å². The highest BCUT2D eigenvalue weighted by Gasteiger charge is 2.49. The van der Waals surface area contributed by atoms with Crippen LogP contribution in [0.25, 0.3) is 0 Å². The zero-order valence-corrected chi connectivity index (χ0v) is 17.7. The second kappa shape index (κ2) is 7.69. The lowest BCUT2D eigenvalue weighted by molar-refractivity contribution is -0.0498. The van der Waals surface area contributed by atoms with Crippen molar-refractivity contribution in [1.29, 1.82) is 0 Å². The molecule has 9 heteroatoms. The van der Waals surface area contributed by atoms with Crippen LogP contribution in [0.4, 0.5) is 8.78 Å². The summed E-state index contributed by atoms with van der Waals surface area (Å²) in [5.74, 6) is -0.0421. The van der Waals surface area contributed by atoms with Crippen LogP contribution in [0.1, 0.15) is 38.5 Å². The first-order valence-corrected chi connectivity index (χ1v) is 12.2. The van der Waals surface area contributed by atoms with Gasteiger partial charge >= 0.3 is 6.61 Å². The molecule has 1 aromatic carbocycles. The standard InChI is InChI=1S/C21H28F2N2O4S/c22-20(23)29-17-1-3-19(4-2-17)30(26,27)24-9-7-21(8-10-24)6-5-15(12-21)25-13-18-11-16(25)14-28-18/h1-4,15-16,18,20H,5-14H2/t15-,16?,18?/m0/s1. The van der Waals surface area contributed by atoms with E-state index in [9.17, 15) is 17.2 Å². The van der Waals surface area contributed by atoms with Gasteiger partial charge in [-0.25, -0.2) is 8.42 Å². The summed E-state index contributed by atoms with van der Waals surface area (Å²) in [5.41, 5.74) is 0.244. The number of ether oxygens (including phenoxy) is 2. The molecule has 1 saturated carbocycles. The van der Waals surface area contributed by atoms with Crippen LogP contribution < -0.4 is 4.74 Å². The van der Waals surface area contributed by atoms with Crippen molar-refractivity contribution in [2.24, 2.45) is 5.41 Å². The van der Waals surface area contributed by atoms with Gasteiger partial charge in [-0.3, -0.25) is 4.90 Å². The maximum atomic E-state index is 13.0. The number of likely N-dealkylation sites (tertiary alicyclic amines) is 1. The first-order chi connectivity index (χ1) is 14.3. The molecule has 0 radical (unpaired) electrons. The van der Waals surface area contributed by atoms with Gasteiger partial charge in [0.1, 0.15) is 5.75 Å². The third-order valence-electron chi connectivity index (χ3n) is 7.56. The molecule has 2 unspecified atom stereocenters. The summed E-state index contributed by atoms with van der Waals surface area (Å²) < 4.78 is 62.2. The average Bonchev–Trinajstić information content (AvgIpc) is 3.44. The summed E-state index contributed by atoms with van der Waals surface area (Å²) in [6.45, 7) is 0.0154. The van der Waals surface area contributed by atoms with Crippen molar-refractivity contribution >= 4 is 10.0 Å². The van der Waals surface area contributed by atoms with Crippen molar-refractivity contribution in [3.05, 3.63) is 24.3 Å². The minimum Gasteiger partial charge on any atom is -0.435 e. The van der Waals surface area contributed by atoms with Gasteiger partial charge in [-0.05, 0) is 68.2 Å². The van der Waals surface area contributed by atoms with E-state index in [1.54, 1.807) is 4.31 Å². The fourth-order valence-electron chi connectivity index (χ4n) is 5.93. The molecular weight excluding hydrogens is 414 g/mol. The molecule has 3 saturated heterocycles. The molecule has 3 heterocycles. The van der Waals surface area contributed by atoms with Crippen molar-refractivity contribution in [3.63, 3.8) is 0 Å². The summed E-state index contributed by atoms with van der Waals surface area (Å²) >= 11 is 0. The number of hydrogen-bond donors (Lipinski definition) is 0. The van der Waals surface area contributed by atoms with Crippen LogP contribution in [-0.4, -0.2) is 68.7 Å². The number of fused-ring (bicyclic) bond motifs is 2. The highest BCUT2D eigenvalue weighted by atomic mass is 32.2. The number of rotatable bonds is 5. The summed E-state index contributed by atoms with van der Waals surface area (Å²) in [5, 5.41) is 0. The van der Waals surface area contributed by atoms with E-state index in [1.807, 2.05) is 0 Å². The van der Waals surface area contributed by atoms with Gasteiger partial charge in [0.25, 0.3) is 0 Å². The van der Waals surface area contributed by atoms with E-state index >= 15 is 0 Å². The van der Waals surface area contributed by atoms with E-state index in [0.717, 1.165) is 38.8 Å². The molecule has 0 aromatic heterocycles. The lowest BCUT2D eigenvalue weighted by Crippen LogP contribution is -2.45. The highest BCUT2D eigenvalue weighted by Crippen LogP contribution is 2.50. The minimum atomic E-state index is -3.63. The van der Waals surface area contributed by atoms with E-state index in [4.69, 9.17) is 4.74 Å². The van der Waals surface area contributed by atoms with Gasteiger partial charge in [0.2, 0.25) is 10.0 Å². The Bertz CT molecular complexity index is 871. The van der Waals surface area contributed by atoms with E-state index < -0.39 is 16.6 Å². The molecule has 4 fully saturated rings. The number of benzene rings is 1. The molecule has 0 amide bonds. The first-order valence-electron chi connectivity index (χ1n) is 10.8. The van der Waals surface area contributed by atoms with Crippen LogP contribution >= 0.6 is 0 Å². The van der Waals surface area contributed by atoms with E-state index in [0.29, 0.717) is 31.3 Å². The molecule has 30 heavy (non-hydrogen) atoms.